The second kappa shape index (κ2) is 6.83. The number of aromatic nitrogens is 1. The van der Waals surface area contributed by atoms with E-state index in [1.165, 1.54) is 5.56 Å². The summed E-state index contributed by atoms with van der Waals surface area (Å²) in [6.45, 7) is 8.13. The zero-order chi connectivity index (χ0) is 14.7. The summed E-state index contributed by atoms with van der Waals surface area (Å²) in [6, 6.07) is 2.34. The van der Waals surface area contributed by atoms with Gasteiger partial charge in [0.15, 0.2) is 0 Å². The van der Waals surface area contributed by atoms with Crippen molar-refractivity contribution < 1.29 is 0 Å². The lowest BCUT2D eigenvalue weighted by Gasteiger charge is -2.39. The molecule has 0 bridgehead atoms. The van der Waals surface area contributed by atoms with E-state index in [2.05, 4.69) is 50.6 Å². The first kappa shape index (κ1) is 15.7. The second-order valence-corrected chi connectivity index (χ2v) is 6.53. The minimum Gasteiger partial charge on any atom is -0.392 e. The Hall–Kier alpha value is -0.720. The zero-order valence-electron chi connectivity index (χ0n) is 12.0. The van der Waals surface area contributed by atoms with E-state index in [4.69, 9.17) is 18.0 Å². The van der Waals surface area contributed by atoms with Crippen LogP contribution in [0.3, 0.4) is 0 Å². The summed E-state index contributed by atoms with van der Waals surface area (Å²) in [5.74, 6) is 1.08. The molecule has 6 heteroatoms. The molecule has 1 atom stereocenters. The van der Waals surface area contributed by atoms with E-state index in [0.29, 0.717) is 4.99 Å². The third-order valence-electron chi connectivity index (χ3n) is 3.79. The molecular weight excluding hydrogens is 336 g/mol. The topological polar surface area (TPSA) is 45.4 Å². The number of nitrogens with two attached hydrogens (primary N) is 1. The molecule has 110 valence electrons. The Morgan fingerprint density at radius 3 is 2.60 bits per heavy atom. The van der Waals surface area contributed by atoms with Crippen molar-refractivity contribution in [1.82, 2.24) is 9.88 Å². The molecule has 1 aromatic rings. The molecule has 0 amide bonds. The summed E-state index contributed by atoms with van der Waals surface area (Å²) in [5, 5.41) is 0. The van der Waals surface area contributed by atoms with Gasteiger partial charge in [-0.15, -0.1) is 0 Å². The first-order valence-electron chi connectivity index (χ1n) is 6.93. The van der Waals surface area contributed by atoms with Crippen LogP contribution in [-0.2, 0) is 0 Å². The number of halogens is 1. The Balaban J connectivity index is 2.02. The number of hydrogen-bond donors (Lipinski definition) is 1. The van der Waals surface area contributed by atoms with Gasteiger partial charge in [0.1, 0.15) is 5.82 Å². The van der Waals surface area contributed by atoms with Crippen LogP contribution in [0.15, 0.2) is 16.7 Å². The molecule has 1 fully saturated rings. The SMILES string of the molecule is CCC(C(N)=S)N1CCN(c2ncc(Br)cc2C)CC1. The fraction of sp³-hybridized carbons (Fsp3) is 0.571. The van der Waals surface area contributed by atoms with Gasteiger partial charge in [0, 0.05) is 36.8 Å². The molecule has 0 aromatic carbocycles. The van der Waals surface area contributed by atoms with Gasteiger partial charge in [0.05, 0.1) is 11.0 Å². The van der Waals surface area contributed by atoms with Gasteiger partial charge in [-0.25, -0.2) is 4.98 Å². The maximum absolute atomic E-state index is 5.82. The van der Waals surface area contributed by atoms with Crippen molar-refractivity contribution in [3.63, 3.8) is 0 Å². The van der Waals surface area contributed by atoms with Crippen molar-refractivity contribution in [2.75, 3.05) is 31.1 Å². The van der Waals surface area contributed by atoms with Gasteiger partial charge in [0.2, 0.25) is 0 Å². The van der Waals surface area contributed by atoms with E-state index < -0.39 is 0 Å². The maximum Gasteiger partial charge on any atom is 0.131 e. The fourth-order valence-corrected chi connectivity index (χ4v) is 3.51. The Labute approximate surface area is 134 Å². The number of pyridine rings is 1. The summed E-state index contributed by atoms with van der Waals surface area (Å²) >= 11 is 8.62. The van der Waals surface area contributed by atoms with Gasteiger partial charge in [-0.1, -0.05) is 19.1 Å². The molecule has 20 heavy (non-hydrogen) atoms. The number of hydrogen-bond acceptors (Lipinski definition) is 4. The lowest BCUT2D eigenvalue weighted by molar-refractivity contribution is 0.224. The monoisotopic (exact) mass is 356 g/mol. The van der Waals surface area contributed by atoms with E-state index in [9.17, 15) is 0 Å². The Morgan fingerprint density at radius 2 is 2.10 bits per heavy atom. The maximum atomic E-state index is 5.82. The molecule has 2 rings (SSSR count). The summed E-state index contributed by atoms with van der Waals surface area (Å²) in [5.41, 5.74) is 7.03. The number of piperazine rings is 1. The molecule has 1 aliphatic rings. The van der Waals surface area contributed by atoms with E-state index in [1.807, 2.05) is 6.20 Å². The average Bonchev–Trinajstić information content (AvgIpc) is 2.40. The minimum atomic E-state index is 0.228. The predicted octanol–water partition coefficient (Wildman–Crippen LogP) is 2.34. The number of aryl methyl sites for hydroxylation is 1. The molecule has 0 saturated carbocycles. The Bertz CT molecular complexity index is 486. The Morgan fingerprint density at radius 1 is 1.45 bits per heavy atom. The summed E-state index contributed by atoms with van der Waals surface area (Å²) in [7, 11) is 0. The highest BCUT2D eigenvalue weighted by atomic mass is 79.9. The minimum absolute atomic E-state index is 0.228. The van der Waals surface area contributed by atoms with Gasteiger partial charge < -0.3 is 10.6 Å². The molecular formula is C14H21BrN4S. The standard InChI is InChI=1S/C14H21BrN4S/c1-3-12(13(16)20)18-4-6-19(7-5-18)14-10(2)8-11(15)9-17-14/h8-9,12H,3-7H2,1-2H3,(H2,16,20). The molecule has 0 spiro atoms. The van der Waals surface area contributed by atoms with E-state index in [-0.39, 0.29) is 6.04 Å². The largest absolute Gasteiger partial charge is 0.392 e. The average molecular weight is 357 g/mol. The van der Waals surface area contributed by atoms with Crippen LogP contribution in [0, 0.1) is 6.92 Å². The van der Waals surface area contributed by atoms with Gasteiger partial charge in [0.25, 0.3) is 0 Å². The lowest BCUT2D eigenvalue weighted by atomic mass is 10.1. The highest BCUT2D eigenvalue weighted by molar-refractivity contribution is 9.10. The highest BCUT2D eigenvalue weighted by Crippen LogP contribution is 2.22. The van der Waals surface area contributed by atoms with E-state index >= 15 is 0 Å². The summed E-state index contributed by atoms with van der Waals surface area (Å²) in [6.07, 6.45) is 2.84. The van der Waals surface area contributed by atoms with Crippen LogP contribution in [0.4, 0.5) is 5.82 Å². The summed E-state index contributed by atoms with van der Waals surface area (Å²) in [4.78, 5) is 9.87. The van der Waals surface area contributed by atoms with Crippen LogP contribution in [0.1, 0.15) is 18.9 Å². The number of thiocarbonyl (C=S) groups is 1. The predicted molar refractivity (Wildman–Crippen MR) is 91.3 cm³/mol. The van der Waals surface area contributed by atoms with Crippen LogP contribution in [0.2, 0.25) is 0 Å². The van der Waals surface area contributed by atoms with E-state index in [0.717, 1.165) is 42.9 Å². The van der Waals surface area contributed by atoms with E-state index in [1.54, 1.807) is 0 Å². The second-order valence-electron chi connectivity index (χ2n) is 5.14. The highest BCUT2D eigenvalue weighted by Gasteiger charge is 2.25. The number of nitrogens with zero attached hydrogens (tertiary/aromatic N) is 3. The lowest BCUT2D eigenvalue weighted by Crippen LogP contribution is -2.53. The van der Waals surface area contributed by atoms with Crippen molar-refractivity contribution in [3.05, 3.63) is 22.3 Å². The fourth-order valence-electron chi connectivity index (χ4n) is 2.75. The first-order chi connectivity index (χ1) is 9.52. The van der Waals surface area contributed by atoms with Gasteiger partial charge in [-0.05, 0) is 40.9 Å². The van der Waals surface area contributed by atoms with Crippen LogP contribution < -0.4 is 10.6 Å². The van der Waals surface area contributed by atoms with Crippen molar-refractivity contribution in [2.45, 2.75) is 26.3 Å². The third kappa shape index (κ3) is 3.48. The zero-order valence-corrected chi connectivity index (χ0v) is 14.4. The molecule has 2 heterocycles. The molecule has 1 unspecified atom stereocenters. The Kier molecular flexibility index (Phi) is 5.35. The molecule has 4 nitrogen and oxygen atoms in total. The van der Waals surface area contributed by atoms with Crippen LogP contribution >= 0.6 is 28.1 Å². The van der Waals surface area contributed by atoms with Gasteiger partial charge in [-0.3, -0.25) is 4.90 Å². The molecule has 0 aliphatic carbocycles. The quantitative estimate of drug-likeness (QED) is 0.838. The van der Waals surface area contributed by atoms with Gasteiger partial charge >= 0.3 is 0 Å². The molecule has 0 radical (unpaired) electrons. The van der Waals surface area contributed by atoms with Crippen molar-refractivity contribution in [1.29, 1.82) is 0 Å². The van der Waals surface area contributed by atoms with Crippen LogP contribution in [0.5, 0.6) is 0 Å². The smallest absolute Gasteiger partial charge is 0.131 e. The third-order valence-corrected chi connectivity index (χ3v) is 4.49. The van der Waals surface area contributed by atoms with Crippen molar-refractivity contribution in [3.8, 4) is 0 Å². The number of rotatable bonds is 4. The van der Waals surface area contributed by atoms with Crippen molar-refractivity contribution >= 4 is 39.0 Å². The molecule has 1 aliphatic heterocycles. The molecule has 1 saturated heterocycles. The normalized spacial score (nSPS) is 18.1. The molecule has 2 N–H and O–H groups in total. The van der Waals surface area contributed by atoms with Gasteiger partial charge in [-0.2, -0.15) is 0 Å². The van der Waals surface area contributed by atoms with Crippen molar-refractivity contribution in [2.24, 2.45) is 5.73 Å². The van der Waals surface area contributed by atoms with Crippen LogP contribution in [0.25, 0.3) is 0 Å². The molecule has 1 aromatic heterocycles. The van der Waals surface area contributed by atoms with Crippen LogP contribution in [-0.4, -0.2) is 47.1 Å². The number of anilines is 1. The summed E-state index contributed by atoms with van der Waals surface area (Å²) < 4.78 is 1.02. The first-order valence-corrected chi connectivity index (χ1v) is 8.13.